The summed E-state index contributed by atoms with van der Waals surface area (Å²) >= 11 is 13.4. The number of aryl methyl sites for hydroxylation is 2. The molecular weight excluding hydrogens is 583 g/mol. The van der Waals surface area contributed by atoms with Crippen molar-refractivity contribution in [1.82, 2.24) is 19.5 Å². The Kier molecular flexibility index (Phi) is 9.35. The summed E-state index contributed by atoms with van der Waals surface area (Å²) in [5.41, 5.74) is 0.868. The predicted molar refractivity (Wildman–Crippen MR) is 164 cm³/mol. The number of hydrogen-bond acceptors (Lipinski definition) is 9. The number of halogens is 2. The van der Waals surface area contributed by atoms with Crippen LogP contribution in [0.5, 0.6) is 11.5 Å². The molecule has 0 saturated carbocycles. The molecule has 11 nitrogen and oxygen atoms in total. The molecule has 0 unspecified atom stereocenters. The van der Waals surface area contributed by atoms with E-state index in [1.54, 1.807) is 44.3 Å². The first-order valence-corrected chi connectivity index (χ1v) is 13.6. The highest BCUT2D eigenvalue weighted by Gasteiger charge is 2.24. The average Bonchev–Trinajstić information content (AvgIpc) is 2.98. The molecule has 0 fully saturated rings. The minimum atomic E-state index is -0.705. The third kappa shape index (κ3) is 6.48. The van der Waals surface area contributed by atoms with Crippen LogP contribution in [-0.2, 0) is 17.8 Å². The van der Waals surface area contributed by atoms with E-state index in [4.69, 9.17) is 32.7 Å². The van der Waals surface area contributed by atoms with Gasteiger partial charge in [0.15, 0.2) is 0 Å². The topological polar surface area (TPSA) is 140 Å². The fourth-order valence-electron chi connectivity index (χ4n) is 4.14. The fraction of sp³-hybridized carbons (Fsp3) is 0.276. The lowest BCUT2D eigenvalue weighted by atomic mass is 10.0. The summed E-state index contributed by atoms with van der Waals surface area (Å²) in [6.45, 7) is 7.05. The number of aliphatic hydroxyl groups excluding tert-OH is 1. The quantitative estimate of drug-likeness (QED) is 0.205. The van der Waals surface area contributed by atoms with Gasteiger partial charge in [-0.15, -0.1) is 0 Å². The number of benzene rings is 1. The number of ether oxygens (including phenoxy) is 2. The SMILES string of the molecule is C=CC(=O)Nc1ccc(CCn2c(=O)c(-c3c(Cl)c(OC)cc(OC)c3Cl)cc3cnc(NC(C)(C)CO)nc32)nc1. The highest BCUT2D eigenvalue weighted by molar-refractivity contribution is 6.41. The van der Waals surface area contributed by atoms with Crippen LogP contribution in [0, 0.1) is 0 Å². The van der Waals surface area contributed by atoms with Crippen LogP contribution in [0.25, 0.3) is 22.2 Å². The summed E-state index contributed by atoms with van der Waals surface area (Å²) in [6, 6.07) is 6.63. The molecule has 3 aromatic heterocycles. The molecule has 4 aromatic rings. The van der Waals surface area contributed by atoms with Crippen LogP contribution in [0.15, 0.2) is 54.1 Å². The van der Waals surface area contributed by atoms with Crippen molar-refractivity contribution in [3.8, 4) is 22.6 Å². The van der Waals surface area contributed by atoms with Gasteiger partial charge in [-0.25, -0.2) is 4.98 Å². The standard InChI is InChI=1S/C29H30Cl2N6O5/c1-6-22(39)34-18-8-7-17(32-14-18)9-10-37-26-16(13-33-28(35-26)36-29(2,3)15-38)11-19(27(37)40)23-24(30)20(41-4)12-21(42-5)25(23)31/h6-8,11-14,38H,1,9-10,15H2,2-5H3,(H,34,39)(H,33,35,36). The number of aromatic nitrogens is 4. The van der Waals surface area contributed by atoms with Crippen molar-refractivity contribution < 1.29 is 19.4 Å². The maximum absolute atomic E-state index is 14.1. The van der Waals surface area contributed by atoms with Gasteiger partial charge < -0.3 is 25.2 Å². The van der Waals surface area contributed by atoms with Crippen molar-refractivity contribution in [2.75, 3.05) is 31.5 Å². The van der Waals surface area contributed by atoms with Crippen molar-refractivity contribution in [2.45, 2.75) is 32.4 Å². The van der Waals surface area contributed by atoms with Crippen LogP contribution in [0.1, 0.15) is 19.5 Å². The van der Waals surface area contributed by atoms with Crippen LogP contribution >= 0.6 is 23.2 Å². The number of nitrogens with one attached hydrogen (secondary N) is 2. The van der Waals surface area contributed by atoms with E-state index in [2.05, 4.69) is 32.2 Å². The highest BCUT2D eigenvalue weighted by Crippen LogP contribution is 2.45. The van der Waals surface area contributed by atoms with Crippen molar-refractivity contribution >= 4 is 51.8 Å². The van der Waals surface area contributed by atoms with Crippen LogP contribution in [-0.4, -0.2) is 56.9 Å². The van der Waals surface area contributed by atoms with Crippen LogP contribution in [0.4, 0.5) is 11.6 Å². The maximum Gasteiger partial charge on any atom is 0.260 e. The number of carbonyl (C=O) groups is 1. The number of rotatable bonds is 11. The molecule has 0 radical (unpaired) electrons. The second-order valence-electron chi connectivity index (χ2n) is 9.92. The molecule has 0 aliphatic rings. The van der Waals surface area contributed by atoms with Gasteiger partial charge in [0.1, 0.15) is 17.1 Å². The number of methoxy groups -OCH3 is 2. The Labute approximate surface area is 252 Å². The minimum Gasteiger partial charge on any atom is -0.495 e. The van der Waals surface area contributed by atoms with Crippen molar-refractivity contribution in [3.05, 3.63) is 75.4 Å². The lowest BCUT2D eigenvalue weighted by Gasteiger charge is -2.23. The van der Waals surface area contributed by atoms with E-state index < -0.39 is 11.1 Å². The second-order valence-corrected chi connectivity index (χ2v) is 10.7. The lowest BCUT2D eigenvalue weighted by Crippen LogP contribution is -2.36. The van der Waals surface area contributed by atoms with Crippen molar-refractivity contribution in [1.29, 1.82) is 0 Å². The van der Waals surface area contributed by atoms with Crippen molar-refractivity contribution in [2.24, 2.45) is 0 Å². The normalized spacial score (nSPS) is 11.3. The Balaban J connectivity index is 1.86. The first-order chi connectivity index (χ1) is 20.0. The van der Waals surface area contributed by atoms with Gasteiger partial charge in [-0.3, -0.25) is 19.1 Å². The monoisotopic (exact) mass is 612 g/mol. The first-order valence-electron chi connectivity index (χ1n) is 12.8. The number of fused-ring (bicyclic) bond motifs is 1. The minimum absolute atomic E-state index is 0.147. The van der Waals surface area contributed by atoms with Gasteiger partial charge in [-0.1, -0.05) is 29.8 Å². The number of nitrogens with zero attached hydrogens (tertiary/aromatic N) is 4. The molecular formula is C29H30Cl2N6O5. The van der Waals surface area contributed by atoms with E-state index in [0.29, 0.717) is 28.8 Å². The molecule has 1 aromatic carbocycles. The Bertz CT molecular complexity index is 1680. The molecule has 3 N–H and O–H groups in total. The van der Waals surface area contributed by atoms with Crippen molar-refractivity contribution in [3.63, 3.8) is 0 Å². The first kappa shape index (κ1) is 30.8. The molecule has 0 aliphatic carbocycles. The third-order valence-corrected chi connectivity index (χ3v) is 7.14. The summed E-state index contributed by atoms with van der Waals surface area (Å²) in [4.78, 5) is 39.2. The van der Waals surface area contributed by atoms with E-state index in [0.717, 1.165) is 0 Å². The van der Waals surface area contributed by atoms with Crippen LogP contribution < -0.4 is 25.7 Å². The average molecular weight is 614 g/mol. The molecule has 1 amide bonds. The van der Waals surface area contributed by atoms with Gasteiger partial charge in [-0.2, -0.15) is 4.98 Å². The molecule has 0 bridgehead atoms. The largest absolute Gasteiger partial charge is 0.495 e. The lowest BCUT2D eigenvalue weighted by molar-refractivity contribution is -0.111. The van der Waals surface area contributed by atoms with Gasteiger partial charge >= 0.3 is 0 Å². The molecule has 0 saturated heterocycles. The molecule has 13 heteroatoms. The van der Waals surface area contributed by atoms with Crippen LogP contribution in [0.3, 0.4) is 0 Å². The number of amides is 1. The predicted octanol–water partition coefficient (Wildman–Crippen LogP) is 4.73. The number of carbonyl (C=O) groups excluding carboxylic acids is 1. The van der Waals surface area contributed by atoms with Gasteiger partial charge in [0.25, 0.3) is 5.56 Å². The van der Waals surface area contributed by atoms with E-state index in [1.165, 1.54) is 31.1 Å². The Hall–Kier alpha value is -4.19. The fourth-order valence-corrected chi connectivity index (χ4v) is 4.84. The van der Waals surface area contributed by atoms with Gasteiger partial charge in [0, 0.05) is 41.9 Å². The summed E-state index contributed by atoms with van der Waals surface area (Å²) in [6.07, 6.45) is 4.62. The van der Waals surface area contributed by atoms with Gasteiger partial charge in [0.2, 0.25) is 11.9 Å². The molecule has 0 aliphatic heterocycles. The Morgan fingerprint density at radius 2 is 1.81 bits per heavy atom. The van der Waals surface area contributed by atoms with E-state index in [-0.39, 0.29) is 57.7 Å². The summed E-state index contributed by atoms with van der Waals surface area (Å²) in [5.74, 6) is 0.462. The molecule has 4 rings (SSSR count). The van der Waals surface area contributed by atoms with Gasteiger partial charge in [-0.05, 0) is 38.1 Å². The molecule has 42 heavy (non-hydrogen) atoms. The Morgan fingerprint density at radius 3 is 2.38 bits per heavy atom. The Morgan fingerprint density at radius 1 is 1.12 bits per heavy atom. The van der Waals surface area contributed by atoms with E-state index in [9.17, 15) is 14.7 Å². The number of pyridine rings is 2. The highest BCUT2D eigenvalue weighted by atomic mass is 35.5. The van der Waals surface area contributed by atoms with E-state index in [1.807, 2.05) is 0 Å². The van der Waals surface area contributed by atoms with Gasteiger partial charge in [0.05, 0.1) is 53.9 Å². The summed E-state index contributed by atoms with van der Waals surface area (Å²) in [7, 11) is 2.91. The number of anilines is 2. The molecule has 0 spiro atoms. The second kappa shape index (κ2) is 12.8. The molecule has 0 atom stereocenters. The summed E-state index contributed by atoms with van der Waals surface area (Å²) in [5, 5.41) is 16.3. The zero-order valence-electron chi connectivity index (χ0n) is 23.5. The zero-order chi connectivity index (χ0) is 30.6. The summed E-state index contributed by atoms with van der Waals surface area (Å²) < 4.78 is 12.3. The third-order valence-electron chi connectivity index (χ3n) is 6.38. The number of aliphatic hydroxyl groups is 1. The van der Waals surface area contributed by atoms with Crippen LogP contribution in [0.2, 0.25) is 10.0 Å². The smallest absolute Gasteiger partial charge is 0.260 e. The molecule has 3 heterocycles. The molecule has 220 valence electrons. The number of hydrogen-bond donors (Lipinski definition) is 3. The zero-order valence-corrected chi connectivity index (χ0v) is 25.0. The van der Waals surface area contributed by atoms with E-state index >= 15 is 0 Å². The maximum atomic E-state index is 14.1.